The first kappa shape index (κ1) is 9.58. The summed E-state index contributed by atoms with van der Waals surface area (Å²) in [7, 11) is 0. The highest BCUT2D eigenvalue weighted by Crippen LogP contribution is 2.27. The molecule has 64 valence electrons. The van der Waals surface area contributed by atoms with E-state index in [4.69, 9.17) is 0 Å². The molecule has 0 fully saturated rings. The van der Waals surface area contributed by atoms with Crippen molar-refractivity contribution in [1.29, 1.82) is 0 Å². The van der Waals surface area contributed by atoms with Crippen LogP contribution in [0.25, 0.3) is 0 Å². The third-order valence-electron chi connectivity index (χ3n) is 1.43. The van der Waals surface area contributed by atoms with E-state index in [9.17, 15) is 4.79 Å². The van der Waals surface area contributed by atoms with Gasteiger partial charge in [0.05, 0.1) is 5.69 Å². The van der Waals surface area contributed by atoms with Gasteiger partial charge in [0.1, 0.15) is 5.54 Å². The second-order valence-corrected chi connectivity index (χ2v) is 4.88. The number of hydrogen-bond donors (Lipinski definition) is 0. The van der Waals surface area contributed by atoms with Gasteiger partial charge in [-0.15, -0.1) is 11.3 Å². The molecule has 3 nitrogen and oxygen atoms in total. The Morgan fingerprint density at radius 1 is 1.75 bits per heavy atom. The van der Waals surface area contributed by atoms with Gasteiger partial charge in [-0.2, -0.15) is 4.99 Å². The van der Waals surface area contributed by atoms with E-state index in [0.29, 0.717) is 0 Å². The van der Waals surface area contributed by atoms with Crippen LogP contribution in [0.5, 0.6) is 0 Å². The van der Waals surface area contributed by atoms with Crippen LogP contribution in [0.15, 0.2) is 14.3 Å². The van der Waals surface area contributed by atoms with Crippen molar-refractivity contribution >= 4 is 33.3 Å². The van der Waals surface area contributed by atoms with E-state index in [-0.39, 0.29) is 0 Å². The van der Waals surface area contributed by atoms with Crippen LogP contribution < -0.4 is 0 Å². The van der Waals surface area contributed by atoms with Crippen molar-refractivity contribution in [1.82, 2.24) is 4.98 Å². The Morgan fingerprint density at radius 2 is 2.42 bits per heavy atom. The van der Waals surface area contributed by atoms with Crippen molar-refractivity contribution in [3.8, 4) is 0 Å². The van der Waals surface area contributed by atoms with Crippen LogP contribution in [0, 0.1) is 0 Å². The van der Waals surface area contributed by atoms with E-state index in [2.05, 4.69) is 25.9 Å². The number of carbonyl (C=O) groups excluding carboxylic acids is 1. The number of aromatic nitrogens is 1. The van der Waals surface area contributed by atoms with Gasteiger partial charge in [-0.1, -0.05) is 0 Å². The van der Waals surface area contributed by atoms with Crippen molar-refractivity contribution < 1.29 is 4.79 Å². The Kier molecular flexibility index (Phi) is 2.77. The lowest BCUT2D eigenvalue weighted by Gasteiger charge is -2.12. The maximum absolute atomic E-state index is 10.1. The molecule has 1 heterocycles. The molecule has 0 amide bonds. The molecular formula is C7H7BrN2OS. The molecule has 5 heteroatoms. The Morgan fingerprint density at radius 3 is 2.83 bits per heavy atom. The van der Waals surface area contributed by atoms with Gasteiger partial charge in [0.2, 0.25) is 6.08 Å². The highest BCUT2D eigenvalue weighted by molar-refractivity contribution is 9.11. The molecule has 0 spiro atoms. The first-order valence-electron chi connectivity index (χ1n) is 3.27. The van der Waals surface area contributed by atoms with Gasteiger partial charge < -0.3 is 0 Å². The zero-order valence-electron chi connectivity index (χ0n) is 6.67. The molecule has 0 bridgehead atoms. The van der Waals surface area contributed by atoms with Crippen LogP contribution in [0.4, 0.5) is 0 Å². The molecule has 0 aliphatic heterocycles. The molecule has 1 rings (SSSR count). The second kappa shape index (κ2) is 3.47. The maximum Gasteiger partial charge on any atom is 0.235 e. The van der Waals surface area contributed by atoms with Crippen molar-refractivity contribution in [2.75, 3.05) is 0 Å². The lowest BCUT2D eigenvalue weighted by Crippen LogP contribution is -2.13. The first-order valence-corrected chi connectivity index (χ1v) is 4.94. The first-order chi connectivity index (χ1) is 5.56. The summed E-state index contributed by atoms with van der Waals surface area (Å²) in [6.07, 6.45) is 1.54. The van der Waals surface area contributed by atoms with Crippen LogP contribution in [-0.2, 0) is 10.3 Å². The summed E-state index contributed by atoms with van der Waals surface area (Å²) >= 11 is 4.72. The Labute approximate surface area is 82.7 Å². The predicted molar refractivity (Wildman–Crippen MR) is 51.0 cm³/mol. The molecule has 0 aromatic carbocycles. The third kappa shape index (κ3) is 2.00. The fraction of sp³-hybridized carbons (Fsp3) is 0.429. The summed E-state index contributed by atoms with van der Waals surface area (Å²) in [4.78, 5) is 17.9. The van der Waals surface area contributed by atoms with E-state index in [0.717, 1.165) is 9.61 Å². The average Bonchev–Trinajstić information content (AvgIpc) is 2.36. The summed E-state index contributed by atoms with van der Waals surface area (Å²) in [5.74, 6) is 0. The fourth-order valence-corrected chi connectivity index (χ4v) is 1.88. The highest BCUT2D eigenvalue weighted by atomic mass is 79.9. The Bertz CT molecular complexity index is 328. The molecule has 0 saturated heterocycles. The summed E-state index contributed by atoms with van der Waals surface area (Å²) in [5.41, 5.74) is 0.215. The molecule has 12 heavy (non-hydrogen) atoms. The number of rotatable bonds is 2. The lowest BCUT2D eigenvalue weighted by molar-refractivity contribution is 0.514. The van der Waals surface area contributed by atoms with Gasteiger partial charge in [-0.05, 0) is 29.8 Å². The Hall–Kier alpha value is -0.510. The van der Waals surface area contributed by atoms with Crippen LogP contribution in [0.3, 0.4) is 0 Å². The minimum atomic E-state index is -0.565. The zero-order valence-corrected chi connectivity index (χ0v) is 9.07. The zero-order chi connectivity index (χ0) is 9.19. The highest BCUT2D eigenvalue weighted by Gasteiger charge is 2.22. The third-order valence-corrected chi connectivity index (χ3v) is 2.79. The van der Waals surface area contributed by atoms with Gasteiger partial charge >= 0.3 is 0 Å². The van der Waals surface area contributed by atoms with Gasteiger partial charge in [0, 0.05) is 5.38 Å². The van der Waals surface area contributed by atoms with Crippen molar-refractivity contribution in [2.24, 2.45) is 4.99 Å². The van der Waals surface area contributed by atoms with Gasteiger partial charge in [0.25, 0.3) is 0 Å². The molecule has 0 atom stereocenters. The molecule has 0 aliphatic rings. The molecule has 0 radical (unpaired) electrons. The Balaban J connectivity index is 3.04. The van der Waals surface area contributed by atoms with E-state index < -0.39 is 5.54 Å². The summed E-state index contributed by atoms with van der Waals surface area (Å²) in [5, 5.41) is 1.87. The molecule has 0 unspecified atom stereocenters. The van der Waals surface area contributed by atoms with Crippen molar-refractivity contribution in [2.45, 2.75) is 19.4 Å². The van der Waals surface area contributed by atoms with Gasteiger partial charge in [0.15, 0.2) is 3.92 Å². The largest absolute Gasteiger partial charge is 0.235 e. The number of thiazole rings is 1. The quantitative estimate of drug-likeness (QED) is 0.595. The van der Waals surface area contributed by atoms with E-state index in [1.807, 2.05) is 19.2 Å². The van der Waals surface area contributed by atoms with Crippen LogP contribution in [-0.4, -0.2) is 11.1 Å². The van der Waals surface area contributed by atoms with Gasteiger partial charge in [-0.3, -0.25) is 0 Å². The standard InChI is InChI=1S/C7H7BrN2OS/c1-7(2,9-4-11)5-3-12-6(8)10-5/h3H,1-2H3. The molecule has 0 N–H and O–H groups in total. The summed E-state index contributed by atoms with van der Waals surface area (Å²) < 4.78 is 0.798. The molecule has 0 aliphatic carbocycles. The monoisotopic (exact) mass is 246 g/mol. The SMILES string of the molecule is CC(C)(N=C=O)c1csc(Br)n1. The summed E-state index contributed by atoms with van der Waals surface area (Å²) in [6, 6.07) is 0. The van der Waals surface area contributed by atoms with Crippen molar-refractivity contribution in [3.05, 3.63) is 15.0 Å². The average molecular weight is 247 g/mol. The topological polar surface area (TPSA) is 42.3 Å². The van der Waals surface area contributed by atoms with E-state index >= 15 is 0 Å². The normalized spacial score (nSPS) is 10.9. The maximum atomic E-state index is 10.1. The number of halogens is 1. The number of aliphatic imine (C=N–C) groups is 1. The number of isocyanates is 1. The number of hydrogen-bond acceptors (Lipinski definition) is 4. The lowest BCUT2D eigenvalue weighted by atomic mass is 10.0. The minimum Gasteiger partial charge on any atom is -0.232 e. The minimum absolute atomic E-state index is 0.565. The smallest absolute Gasteiger partial charge is 0.232 e. The number of nitrogens with zero attached hydrogens (tertiary/aromatic N) is 2. The van der Waals surface area contributed by atoms with Crippen LogP contribution in [0.2, 0.25) is 0 Å². The molecule has 0 saturated carbocycles. The predicted octanol–water partition coefficient (Wildman–Crippen LogP) is 2.48. The second-order valence-electron chi connectivity index (χ2n) is 2.75. The molecule has 1 aromatic rings. The van der Waals surface area contributed by atoms with Gasteiger partial charge in [-0.25, -0.2) is 9.78 Å². The van der Waals surface area contributed by atoms with Crippen LogP contribution in [0.1, 0.15) is 19.5 Å². The van der Waals surface area contributed by atoms with Crippen molar-refractivity contribution in [3.63, 3.8) is 0 Å². The molecule has 1 aromatic heterocycles. The fourth-order valence-electron chi connectivity index (χ4n) is 0.704. The summed E-state index contributed by atoms with van der Waals surface area (Å²) in [6.45, 7) is 3.64. The van der Waals surface area contributed by atoms with Crippen LogP contribution >= 0.6 is 27.3 Å². The molecular weight excluding hydrogens is 240 g/mol. The van der Waals surface area contributed by atoms with E-state index in [1.165, 1.54) is 11.3 Å². The van der Waals surface area contributed by atoms with E-state index in [1.54, 1.807) is 6.08 Å².